The predicted octanol–water partition coefficient (Wildman–Crippen LogP) is 1.87. The smallest absolute Gasteiger partial charge is 0.248 e. The number of hydrogen-bond donors (Lipinski definition) is 1. The van der Waals surface area contributed by atoms with Crippen LogP contribution in [0.15, 0.2) is 30.3 Å². The molecule has 1 aromatic carbocycles. The van der Waals surface area contributed by atoms with E-state index < -0.39 is 0 Å². The van der Waals surface area contributed by atoms with E-state index in [-0.39, 0.29) is 17.3 Å². The van der Waals surface area contributed by atoms with Crippen LogP contribution in [0.4, 0.5) is 0 Å². The van der Waals surface area contributed by atoms with Gasteiger partial charge in [0.1, 0.15) is 5.37 Å². The summed E-state index contributed by atoms with van der Waals surface area (Å²) < 4.78 is 0. The van der Waals surface area contributed by atoms with Crippen LogP contribution in [0.3, 0.4) is 0 Å². The highest BCUT2D eigenvalue weighted by Crippen LogP contribution is 2.23. The molecule has 1 aliphatic heterocycles. The highest BCUT2D eigenvalue weighted by molar-refractivity contribution is 8.00. The number of carbonyl (C=O) groups is 1. The molecular formula is C13H18N2OS. The van der Waals surface area contributed by atoms with E-state index in [1.54, 1.807) is 11.8 Å². The zero-order chi connectivity index (χ0) is 12.3. The molecule has 2 rings (SSSR count). The highest BCUT2D eigenvalue weighted by Gasteiger charge is 2.29. The number of benzene rings is 1. The van der Waals surface area contributed by atoms with Gasteiger partial charge in [0, 0.05) is 12.3 Å². The highest BCUT2D eigenvalue weighted by atomic mass is 32.2. The lowest BCUT2D eigenvalue weighted by Crippen LogP contribution is -2.40. The minimum atomic E-state index is -0.0267. The van der Waals surface area contributed by atoms with Crippen molar-refractivity contribution in [3.8, 4) is 0 Å². The Kier molecular flexibility index (Phi) is 4.07. The van der Waals surface area contributed by atoms with Crippen LogP contribution < -0.4 is 5.32 Å². The summed E-state index contributed by atoms with van der Waals surface area (Å²) in [4.78, 5) is 14.2. The Balaban J connectivity index is 1.95. The fraction of sp³-hybridized carbons (Fsp3) is 0.462. The number of nitrogens with zero attached hydrogens (tertiary/aromatic N) is 1. The van der Waals surface area contributed by atoms with Crippen LogP contribution in [0.1, 0.15) is 18.5 Å². The van der Waals surface area contributed by atoms with Crippen molar-refractivity contribution in [1.82, 2.24) is 10.2 Å². The lowest BCUT2D eigenvalue weighted by atomic mass is 10.1. The first-order chi connectivity index (χ1) is 8.18. The molecule has 0 spiro atoms. The maximum atomic E-state index is 12.1. The topological polar surface area (TPSA) is 32.3 Å². The molecule has 2 atom stereocenters. The number of carbonyl (C=O) groups excluding carboxylic acids is 1. The Labute approximate surface area is 107 Å². The zero-order valence-corrected chi connectivity index (χ0v) is 11.0. The van der Waals surface area contributed by atoms with Gasteiger partial charge in [0.05, 0.1) is 6.04 Å². The molecule has 1 fully saturated rings. The second-order valence-corrected chi connectivity index (χ2v) is 5.53. The van der Waals surface area contributed by atoms with Crippen LogP contribution in [0.5, 0.6) is 0 Å². The van der Waals surface area contributed by atoms with Crippen LogP contribution in [-0.2, 0) is 4.79 Å². The van der Waals surface area contributed by atoms with Gasteiger partial charge in [-0.2, -0.15) is 0 Å². The third kappa shape index (κ3) is 3.01. The molecular weight excluding hydrogens is 232 g/mol. The average Bonchev–Trinajstić information content (AvgIpc) is 2.76. The first-order valence-electron chi connectivity index (χ1n) is 5.85. The Morgan fingerprint density at radius 3 is 2.76 bits per heavy atom. The van der Waals surface area contributed by atoms with E-state index in [1.165, 1.54) is 0 Å². The van der Waals surface area contributed by atoms with Gasteiger partial charge in [-0.3, -0.25) is 9.69 Å². The van der Waals surface area contributed by atoms with Crippen LogP contribution >= 0.6 is 11.8 Å². The Morgan fingerprint density at radius 2 is 2.18 bits per heavy atom. The summed E-state index contributed by atoms with van der Waals surface area (Å²) in [6.45, 7) is 3.01. The maximum Gasteiger partial charge on any atom is 0.248 e. The minimum Gasteiger partial charge on any atom is -0.347 e. The molecule has 1 aromatic rings. The maximum absolute atomic E-state index is 12.1. The van der Waals surface area contributed by atoms with E-state index in [1.807, 2.05) is 44.3 Å². The van der Waals surface area contributed by atoms with Crippen molar-refractivity contribution in [2.75, 3.05) is 19.3 Å². The van der Waals surface area contributed by atoms with Crippen molar-refractivity contribution >= 4 is 17.7 Å². The molecule has 0 aliphatic carbocycles. The average molecular weight is 250 g/mol. The summed E-state index contributed by atoms with van der Waals surface area (Å²) in [6, 6.07) is 10.1. The third-order valence-electron chi connectivity index (χ3n) is 3.00. The van der Waals surface area contributed by atoms with Crippen molar-refractivity contribution in [1.29, 1.82) is 0 Å². The molecule has 1 heterocycles. The van der Waals surface area contributed by atoms with Gasteiger partial charge in [-0.1, -0.05) is 30.3 Å². The second kappa shape index (κ2) is 5.56. The van der Waals surface area contributed by atoms with Crippen molar-refractivity contribution in [2.24, 2.45) is 0 Å². The number of rotatable bonds is 3. The molecule has 1 saturated heterocycles. The van der Waals surface area contributed by atoms with E-state index in [0.717, 1.165) is 17.9 Å². The van der Waals surface area contributed by atoms with Crippen LogP contribution in [0, 0.1) is 0 Å². The Morgan fingerprint density at radius 1 is 1.47 bits per heavy atom. The second-order valence-electron chi connectivity index (χ2n) is 4.34. The quantitative estimate of drug-likeness (QED) is 0.889. The predicted molar refractivity (Wildman–Crippen MR) is 71.9 cm³/mol. The molecule has 3 nitrogen and oxygen atoms in total. The number of amides is 1. The standard InChI is InChI=1S/C13H18N2OS/c1-10(11-6-4-3-5-7-11)14-12(16)13-15(2)8-9-17-13/h3-7,10,13H,8-9H2,1-2H3,(H,14,16). The fourth-order valence-electron chi connectivity index (χ4n) is 1.94. The van der Waals surface area contributed by atoms with E-state index >= 15 is 0 Å². The van der Waals surface area contributed by atoms with E-state index in [4.69, 9.17) is 0 Å². The molecule has 17 heavy (non-hydrogen) atoms. The summed E-state index contributed by atoms with van der Waals surface area (Å²) >= 11 is 1.71. The largest absolute Gasteiger partial charge is 0.347 e. The molecule has 4 heteroatoms. The summed E-state index contributed by atoms with van der Waals surface area (Å²) in [5.74, 6) is 1.15. The number of thioether (sulfide) groups is 1. The van der Waals surface area contributed by atoms with Gasteiger partial charge in [-0.25, -0.2) is 0 Å². The monoisotopic (exact) mass is 250 g/mol. The normalized spacial score (nSPS) is 22.4. The Hall–Kier alpha value is -1.00. The SMILES string of the molecule is CC(NC(=O)C1SCCN1C)c1ccccc1. The van der Waals surface area contributed by atoms with Gasteiger partial charge in [0.15, 0.2) is 0 Å². The third-order valence-corrected chi connectivity index (χ3v) is 4.31. The summed E-state index contributed by atoms with van der Waals surface area (Å²) in [6.07, 6.45) is 0. The first-order valence-corrected chi connectivity index (χ1v) is 6.90. The summed E-state index contributed by atoms with van der Waals surface area (Å²) in [7, 11) is 2.00. The molecule has 1 N–H and O–H groups in total. The first kappa shape index (κ1) is 12.5. The van der Waals surface area contributed by atoms with Gasteiger partial charge in [0.2, 0.25) is 5.91 Å². The van der Waals surface area contributed by atoms with Crippen LogP contribution in [-0.4, -0.2) is 35.5 Å². The molecule has 0 aromatic heterocycles. The summed E-state index contributed by atoms with van der Waals surface area (Å²) in [5, 5.41) is 3.04. The van der Waals surface area contributed by atoms with Crippen molar-refractivity contribution in [3.63, 3.8) is 0 Å². The van der Waals surface area contributed by atoms with Gasteiger partial charge in [-0.05, 0) is 19.5 Å². The van der Waals surface area contributed by atoms with Gasteiger partial charge in [0.25, 0.3) is 0 Å². The molecule has 0 bridgehead atoms. The lowest BCUT2D eigenvalue weighted by molar-refractivity contribution is -0.123. The molecule has 0 saturated carbocycles. The van der Waals surface area contributed by atoms with E-state index in [2.05, 4.69) is 10.2 Å². The zero-order valence-electron chi connectivity index (χ0n) is 10.2. The van der Waals surface area contributed by atoms with Crippen molar-refractivity contribution in [2.45, 2.75) is 18.3 Å². The minimum absolute atomic E-state index is 0.0267. The lowest BCUT2D eigenvalue weighted by Gasteiger charge is -2.21. The number of likely N-dealkylation sites (N-methyl/N-ethyl adjacent to an activating group) is 1. The molecule has 0 radical (unpaired) electrons. The van der Waals surface area contributed by atoms with Gasteiger partial charge >= 0.3 is 0 Å². The van der Waals surface area contributed by atoms with Crippen LogP contribution in [0.25, 0.3) is 0 Å². The molecule has 1 amide bonds. The van der Waals surface area contributed by atoms with Crippen LogP contribution in [0.2, 0.25) is 0 Å². The van der Waals surface area contributed by atoms with E-state index in [0.29, 0.717) is 0 Å². The molecule has 92 valence electrons. The molecule has 2 unspecified atom stereocenters. The number of nitrogens with one attached hydrogen (secondary N) is 1. The Bertz CT molecular complexity index is 382. The van der Waals surface area contributed by atoms with Gasteiger partial charge < -0.3 is 5.32 Å². The molecule has 1 aliphatic rings. The van der Waals surface area contributed by atoms with E-state index in [9.17, 15) is 4.79 Å². The van der Waals surface area contributed by atoms with Crippen molar-refractivity contribution in [3.05, 3.63) is 35.9 Å². The number of hydrogen-bond acceptors (Lipinski definition) is 3. The fourth-order valence-corrected chi connectivity index (χ4v) is 3.13. The van der Waals surface area contributed by atoms with Gasteiger partial charge in [-0.15, -0.1) is 11.8 Å². The summed E-state index contributed by atoms with van der Waals surface area (Å²) in [5.41, 5.74) is 1.14. The van der Waals surface area contributed by atoms with Crippen molar-refractivity contribution < 1.29 is 4.79 Å².